The number of aromatic nitrogens is 1. The van der Waals surface area contributed by atoms with E-state index in [1.165, 1.54) is 0 Å². The summed E-state index contributed by atoms with van der Waals surface area (Å²) >= 11 is 0. The van der Waals surface area contributed by atoms with Gasteiger partial charge in [0, 0.05) is 24.1 Å². The van der Waals surface area contributed by atoms with Gasteiger partial charge >= 0.3 is 0 Å². The first-order valence-corrected chi connectivity index (χ1v) is 7.28. The number of nitrogens with zero attached hydrogens (tertiary/aromatic N) is 2. The molecule has 0 radical (unpaired) electrons. The SMILES string of the molecule is O=C(c1ccc2c(c1)CCCO2)N1CCc2nocc2C1. The van der Waals surface area contributed by atoms with E-state index in [2.05, 4.69) is 5.16 Å². The van der Waals surface area contributed by atoms with Gasteiger partial charge in [0.25, 0.3) is 5.91 Å². The Hall–Kier alpha value is -2.30. The quantitative estimate of drug-likeness (QED) is 0.805. The predicted molar refractivity (Wildman–Crippen MR) is 75.2 cm³/mol. The lowest BCUT2D eigenvalue weighted by Crippen LogP contribution is -2.35. The van der Waals surface area contributed by atoms with Crippen molar-refractivity contribution in [3.63, 3.8) is 0 Å². The second-order valence-electron chi connectivity index (χ2n) is 5.54. The van der Waals surface area contributed by atoms with Crippen molar-refractivity contribution in [3.8, 4) is 5.75 Å². The summed E-state index contributed by atoms with van der Waals surface area (Å²) in [4.78, 5) is 14.5. The van der Waals surface area contributed by atoms with Gasteiger partial charge in [-0.25, -0.2) is 0 Å². The molecule has 3 heterocycles. The minimum Gasteiger partial charge on any atom is -0.493 e. The van der Waals surface area contributed by atoms with Crippen LogP contribution in [0.5, 0.6) is 5.75 Å². The molecule has 0 saturated carbocycles. The molecule has 0 spiro atoms. The molecule has 0 saturated heterocycles. The van der Waals surface area contributed by atoms with Crippen LogP contribution in [0, 0.1) is 0 Å². The summed E-state index contributed by atoms with van der Waals surface area (Å²) in [7, 11) is 0. The molecule has 108 valence electrons. The molecule has 1 amide bonds. The molecule has 0 aliphatic carbocycles. The second kappa shape index (κ2) is 4.91. The molecule has 5 heteroatoms. The van der Waals surface area contributed by atoms with Gasteiger partial charge < -0.3 is 14.2 Å². The molecule has 0 fully saturated rings. The third-order valence-corrected chi connectivity index (χ3v) is 4.15. The topological polar surface area (TPSA) is 55.6 Å². The highest BCUT2D eigenvalue weighted by Crippen LogP contribution is 2.27. The number of benzene rings is 1. The highest BCUT2D eigenvalue weighted by Gasteiger charge is 2.24. The Labute approximate surface area is 122 Å². The molecule has 2 aromatic rings. The van der Waals surface area contributed by atoms with Crippen LogP contribution in [0.1, 0.15) is 33.6 Å². The summed E-state index contributed by atoms with van der Waals surface area (Å²) in [5.41, 5.74) is 3.85. The molecule has 0 N–H and O–H groups in total. The van der Waals surface area contributed by atoms with E-state index >= 15 is 0 Å². The van der Waals surface area contributed by atoms with E-state index in [1.54, 1.807) is 6.26 Å². The maximum atomic E-state index is 12.7. The molecule has 0 bridgehead atoms. The average molecular weight is 284 g/mol. The molecule has 4 rings (SSSR count). The maximum Gasteiger partial charge on any atom is 0.254 e. The normalized spacial score (nSPS) is 16.9. The fourth-order valence-electron chi connectivity index (χ4n) is 2.99. The van der Waals surface area contributed by atoms with Crippen molar-refractivity contribution in [1.29, 1.82) is 0 Å². The fraction of sp³-hybridized carbons (Fsp3) is 0.375. The number of carbonyl (C=O) groups is 1. The highest BCUT2D eigenvalue weighted by molar-refractivity contribution is 5.94. The van der Waals surface area contributed by atoms with Crippen molar-refractivity contribution in [3.05, 3.63) is 46.8 Å². The van der Waals surface area contributed by atoms with E-state index in [9.17, 15) is 4.79 Å². The number of fused-ring (bicyclic) bond motifs is 2. The largest absolute Gasteiger partial charge is 0.493 e. The van der Waals surface area contributed by atoms with E-state index in [4.69, 9.17) is 9.26 Å². The van der Waals surface area contributed by atoms with Gasteiger partial charge in [0.1, 0.15) is 12.0 Å². The lowest BCUT2D eigenvalue weighted by molar-refractivity contribution is 0.0734. The molecule has 1 aromatic carbocycles. The van der Waals surface area contributed by atoms with E-state index in [-0.39, 0.29) is 5.91 Å². The lowest BCUT2D eigenvalue weighted by atomic mass is 10.0. The van der Waals surface area contributed by atoms with Gasteiger partial charge in [0.2, 0.25) is 0 Å². The first kappa shape index (κ1) is 12.4. The number of hydrogen-bond acceptors (Lipinski definition) is 4. The number of ether oxygens (including phenoxy) is 1. The summed E-state index contributed by atoms with van der Waals surface area (Å²) in [6, 6.07) is 5.74. The Morgan fingerprint density at radius 3 is 3.14 bits per heavy atom. The Kier molecular flexibility index (Phi) is 2.91. The van der Waals surface area contributed by atoms with Crippen LogP contribution in [0.2, 0.25) is 0 Å². The van der Waals surface area contributed by atoms with Crippen LogP contribution in [-0.4, -0.2) is 29.1 Å². The Bertz CT molecular complexity index is 693. The van der Waals surface area contributed by atoms with E-state index in [1.807, 2.05) is 23.1 Å². The van der Waals surface area contributed by atoms with E-state index < -0.39 is 0 Å². The minimum atomic E-state index is 0.0650. The Morgan fingerprint density at radius 1 is 1.24 bits per heavy atom. The average Bonchev–Trinajstić information content (AvgIpc) is 3.01. The zero-order valence-electron chi connectivity index (χ0n) is 11.7. The zero-order chi connectivity index (χ0) is 14.2. The molecule has 0 atom stereocenters. The third-order valence-electron chi connectivity index (χ3n) is 4.15. The van der Waals surface area contributed by atoms with Crippen LogP contribution in [0.25, 0.3) is 0 Å². The molecule has 21 heavy (non-hydrogen) atoms. The number of amides is 1. The van der Waals surface area contributed by atoms with Crippen molar-refractivity contribution < 1.29 is 14.1 Å². The van der Waals surface area contributed by atoms with Crippen LogP contribution in [0.15, 0.2) is 29.0 Å². The van der Waals surface area contributed by atoms with Gasteiger partial charge in [0.15, 0.2) is 0 Å². The predicted octanol–water partition coefficient (Wildman–Crippen LogP) is 2.20. The van der Waals surface area contributed by atoms with Gasteiger partial charge in [-0.3, -0.25) is 4.79 Å². The van der Waals surface area contributed by atoms with Crippen molar-refractivity contribution in [2.75, 3.05) is 13.2 Å². The molecule has 0 unspecified atom stereocenters. The van der Waals surface area contributed by atoms with E-state index in [0.717, 1.165) is 54.0 Å². The summed E-state index contributed by atoms with van der Waals surface area (Å²) in [6.45, 7) is 2.03. The van der Waals surface area contributed by atoms with Gasteiger partial charge in [-0.05, 0) is 36.6 Å². The number of carbonyl (C=O) groups excluding carboxylic acids is 1. The fourth-order valence-corrected chi connectivity index (χ4v) is 2.99. The highest BCUT2D eigenvalue weighted by atomic mass is 16.5. The smallest absolute Gasteiger partial charge is 0.254 e. The van der Waals surface area contributed by atoms with Gasteiger partial charge in [-0.2, -0.15) is 0 Å². The summed E-state index contributed by atoms with van der Waals surface area (Å²) in [5, 5.41) is 3.95. The number of hydrogen-bond donors (Lipinski definition) is 0. The summed E-state index contributed by atoms with van der Waals surface area (Å²) in [5.74, 6) is 0.980. The number of aryl methyl sites for hydroxylation is 1. The van der Waals surface area contributed by atoms with Crippen LogP contribution in [-0.2, 0) is 19.4 Å². The van der Waals surface area contributed by atoms with Gasteiger partial charge in [-0.1, -0.05) is 5.16 Å². The van der Waals surface area contributed by atoms with Crippen molar-refractivity contribution in [2.45, 2.75) is 25.8 Å². The first-order chi connectivity index (χ1) is 10.3. The molecular weight excluding hydrogens is 268 g/mol. The second-order valence-corrected chi connectivity index (χ2v) is 5.54. The zero-order valence-corrected chi connectivity index (χ0v) is 11.7. The summed E-state index contributed by atoms with van der Waals surface area (Å²) < 4.78 is 10.6. The van der Waals surface area contributed by atoms with Gasteiger partial charge in [0.05, 0.1) is 18.8 Å². The molecule has 2 aliphatic rings. The minimum absolute atomic E-state index is 0.0650. The van der Waals surface area contributed by atoms with Gasteiger partial charge in [-0.15, -0.1) is 0 Å². The molecule has 1 aromatic heterocycles. The monoisotopic (exact) mass is 284 g/mol. The van der Waals surface area contributed by atoms with Crippen LogP contribution in [0.3, 0.4) is 0 Å². The standard InChI is InChI=1S/C16H16N2O3/c19-16(18-6-5-14-13(9-18)10-21-17-14)12-3-4-15-11(8-12)2-1-7-20-15/h3-4,8,10H,1-2,5-7,9H2. The van der Waals surface area contributed by atoms with Crippen molar-refractivity contribution in [2.24, 2.45) is 0 Å². The van der Waals surface area contributed by atoms with Crippen LogP contribution < -0.4 is 4.74 Å². The lowest BCUT2D eigenvalue weighted by Gasteiger charge is -2.26. The Morgan fingerprint density at radius 2 is 2.19 bits per heavy atom. The van der Waals surface area contributed by atoms with Crippen LogP contribution >= 0.6 is 0 Å². The summed E-state index contributed by atoms with van der Waals surface area (Å²) in [6.07, 6.45) is 4.38. The van der Waals surface area contributed by atoms with Crippen molar-refractivity contribution >= 4 is 5.91 Å². The molecule has 5 nitrogen and oxygen atoms in total. The van der Waals surface area contributed by atoms with Crippen molar-refractivity contribution in [1.82, 2.24) is 10.1 Å². The number of rotatable bonds is 1. The van der Waals surface area contributed by atoms with E-state index in [0.29, 0.717) is 13.1 Å². The first-order valence-electron chi connectivity index (χ1n) is 7.28. The van der Waals surface area contributed by atoms with Crippen LogP contribution in [0.4, 0.5) is 0 Å². The maximum absolute atomic E-state index is 12.7. The molecule has 2 aliphatic heterocycles. The third kappa shape index (κ3) is 2.18. The Balaban J connectivity index is 1.58. The molecular formula is C16H16N2O3.